The Kier molecular flexibility index (Phi) is 4.88. The SMILES string of the molecule is CCC(=CCOc1ccc(C#N)c(F)c1)C(=O)O. The van der Waals surface area contributed by atoms with Gasteiger partial charge in [0.05, 0.1) is 5.56 Å². The zero-order chi connectivity index (χ0) is 13.5. The molecule has 18 heavy (non-hydrogen) atoms. The van der Waals surface area contributed by atoms with E-state index in [1.807, 2.05) is 0 Å². The number of halogens is 1. The molecule has 0 aliphatic heterocycles. The summed E-state index contributed by atoms with van der Waals surface area (Å²) < 4.78 is 18.4. The van der Waals surface area contributed by atoms with Gasteiger partial charge in [0.25, 0.3) is 0 Å². The summed E-state index contributed by atoms with van der Waals surface area (Å²) in [7, 11) is 0. The van der Waals surface area contributed by atoms with Crippen LogP contribution in [0.4, 0.5) is 4.39 Å². The van der Waals surface area contributed by atoms with E-state index in [-0.39, 0.29) is 23.5 Å². The van der Waals surface area contributed by atoms with Crippen molar-refractivity contribution in [1.29, 1.82) is 5.26 Å². The molecule has 0 unspecified atom stereocenters. The highest BCUT2D eigenvalue weighted by Gasteiger charge is 2.05. The van der Waals surface area contributed by atoms with Crippen LogP contribution in [0.15, 0.2) is 29.8 Å². The topological polar surface area (TPSA) is 70.3 Å². The number of nitrogens with zero attached hydrogens (tertiary/aromatic N) is 1. The third-order valence-electron chi connectivity index (χ3n) is 2.30. The lowest BCUT2D eigenvalue weighted by molar-refractivity contribution is -0.132. The maximum Gasteiger partial charge on any atom is 0.331 e. The van der Waals surface area contributed by atoms with Crippen molar-refractivity contribution in [2.45, 2.75) is 13.3 Å². The van der Waals surface area contributed by atoms with Crippen LogP contribution in [0.2, 0.25) is 0 Å². The van der Waals surface area contributed by atoms with Crippen LogP contribution in [0.3, 0.4) is 0 Å². The molecule has 1 rings (SSSR count). The monoisotopic (exact) mass is 249 g/mol. The van der Waals surface area contributed by atoms with Crippen molar-refractivity contribution in [2.75, 3.05) is 6.61 Å². The van der Waals surface area contributed by atoms with Gasteiger partial charge in [-0.25, -0.2) is 9.18 Å². The first kappa shape index (κ1) is 13.7. The van der Waals surface area contributed by atoms with Gasteiger partial charge >= 0.3 is 5.97 Å². The highest BCUT2D eigenvalue weighted by molar-refractivity contribution is 5.86. The van der Waals surface area contributed by atoms with Gasteiger partial charge in [0.1, 0.15) is 24.2 Å². The van der Waals surface area contributed by atoms with E-state index < -0.39 is 11.8 Å². The molecule has 0 heterocycles. The average molecular weight is 249 g/mol. The number of aliphatic carboxylic acids is 1. The number of hydrogen-bond acceptors (Lipinski definition) is 3. The molecular formula is C13H12FNO3. The molecule has 0 bridgehead atoms. The van der Waals surface area contributed by atoms with Crippen LogP contribution in [0.25, 0.3) is 0 Å². The second kappa shape index (κ2) is 6.40. The fourth-order valence-corrected chi connectivity index (χ4v) is 1.30. The van der Waals surface area contributed by atoms with Crippen LogP contribution in [0, 0.1) is 17.1 Å². The Bertz CT molecular complexity index is 517. The Balaban J connectivity index is 2.68. The summed E-state index contributed by atoms with van der Waals surface area (Å²) in [5, 5.41) is 17.3. The maximum atomic E-state index is 13.2. The van der Waals surface area contributed by atoms with Crippen LogP contribution in [-0.2, 0) is 4.79 Å². The van der Waals surface area contributed by atoms with Gasteiger partial charge < -0.3 is 9.84 Å². The van der Waals surface area contributed by atoms with Crippen LogP contribution >= 0.6 is 0 Å². The first-order valence-corrected chi connectivity index (χ1v) is 5.33. The Hall–Kier alpha value is -2.35. The molecule has 94 valence electrons. The van der Waals surface area contributed by atoms with Crippen molar-refractivity contribution in [3.8, 4) is 11.8 Å². The Morgan fingerprint density at radius 3 is 2.83 bits per heavy atom. The van der Waals surface area contributed by atoms with Crippen molar-refractivity contribution >= 4 is 5.97 Å². The van der Waals surface area contributed by atoms with Gasteiger partial charge in [-0.3, -0.25) is 0 Å². The van der Waals surface area contributed by atoms with Crippen molar-refractivity contribution in [2.24, 2.45) is 0 Å². The fraction of sp³-hybridized carbons (Fsp3) is 0.231. The van der Waals surface area contributed by atoms with Gasteiger partial charge in [0.2, 0.25) is 0 Å². The predicted molar refractivity (Wildman–Crippen MR) is 62.6 cm³/mol. The fourth-order valence-electron chi connectivity index (χ4n) is 1.30. The van der Waals surface area contributed by atoms with Crippen LogP contribution < -0.4 is 4.74 Å². The molecule has 0 aliphatic rings. The number of hydrogen-bond donors (Lipinski definition) is 1. The standard InChI is InChI=1S/C13H12FNO3/c1-2-9(13(16)17)5-6-18-11-4-3-10(8-15)12(14)7-11/h3-5,7H,2,6H2,1H3,(H,16,17). The molecular weight excluding hydrogens is 237 g/mol. The summed E-state index contributed by atoms with van der Waals surface area (Å²) in [6.07, 6.45) is 1.82. The van der Waals surface area contributed by atoms with Gasteiger partial charge in [-0.2, -0.15) is 5.26 Å². The van der Waals surface area contributed by atoms with Crippen molar-refractivity contribution in [3.63, 3.8) is 0 Å². The van der Waals surface area contributed by atoms with Crippen molar-refractivity contribution in [3.05, 3.63) is 41.2 Å². The predicted octanol–water partition coefficient (Wildman–Crippen LogP) is 2.50. The molecule has 0 amide bonds. The number of nitriles is 1. The zero-order valence-corrected chi connectivity index (χ0v) is 9.81. The van der Waals surface area contributed by atoms with Crippen molar-refractivity contribution in [1.82, 2.24) is 0 Å². The minimum atomic E-state index is -0.993. The van der Waals surface area contributed by atoms with Gasteiger partial charge in [0.15, 0.2) is 0 Å². The number of rotatable bonds is 5. The summed E-state index contributed by atoms with van der Waals surface area (Å²) in [6.45, 7) is 1.77. The summed E-state index contributed by atoms with van der Waals surface area (Å²) in [5.41, 5.74) is 0.182. The number of carboxylic acid groups (broad SMARTS) is 1. The van der Waals surface area contributed by atoms with E-state index in [0.29, 0.717) is 6.42 Å². The van der Waals surface area contributed by atoms with E-state index in [0.717, 1.165) is 6.07 Å². The highest BCUT2D eigenvalue weighted by Crippen LogP contribution is 2.16. The van der Waals surface area contributed by atoms with Gasteiger partial charge in [-0.15, -0.1) is 0 Å². The lowest BCUT2D eigenvalue weighted by Crippen LogP contribution is -2.03. The molecule has 0 spiro atoms. The molecule has 0 fully saturated rings. The van der Waals surface area contributed by atoms with E-state index in [1.54, 1.807) is 13.0 Å². The smallest absolute Gasteiger partial charge is 0.331 e. The Morgan fingerprint density at radius 1 is 1.61 bits per heavy atom. The first-order valence-electron chi connectivity index (χ1n) is 5.33. The number of carboxylic acids is 1. The lowest BCUT2D eigenvalue weighted by atomic mass is 10.2. The van der Waals surface area contributed by atoms with Gasteiger partial charge in [0, 0.05) is 11.6 Å². The maximum absolute atomic E-state index is 13.2. The molecule has 0 saturated heterocycles. The second-order valence-electron chi connectivity index (χ2n) is 3.45. The minimum Gasteiger partial charge on any atom is -0.489 e. The molecule has 0 radical (unpaired) electrons. The van der Waals surface area contributed by atoms with E-state index in [4.69, 9.17) is 15.1 Å². The molecule has 0 atom stereocenters. The van der Waals surface area contributed by atoms with Crippen LogP contribution in [0.1, 0.15) is 18.9 Å². The number of benzene rings is 1. The molecule has 0 aromatic heterocycles. The number of ether oxygens (including phenoxy) is 1. The summed E-state index contributed by atoms with van der Waals surface area (Å²) in [6, 6.07) is 5.57. The average Bonchev–Trinajstić information content (AvgIpc) is 2.34. The normalized spacial score (nSPS) is 10.8. The quantitative estimate of drug-likeness (QED) is 0.814. The molecule has 1 aromatic rings. The Labute approximate surface area is 104 Å². The number of carbonyl (C=O) groups is 1. The highest BCUT2D eigenvalue weighted by atomic mass is 19.1. The molecule has 0 saturated carbocycles. The third kappa shape index (κ3) is 3.59. The largest absolute Gasteiger partial charge is 0.489 e. The molecule has 0 aliphatic carbocycles. The minimum absolute atomic E-state index is 0.0425. The molecule has 4 nitrogen and oxygen atoms in total. The van der Waals surface area contributed by atoms with Crippen LogP contribution in [0.5, 0.6) is 5.75 Å². The van der Waals surface area contributed by atoms with E-state index >= 15 is 0 Å². The van der Waals surface area contributed by atoms with E-state index in [9.17, 15) is 9.18 Å². The van der Waals surface area contributed by atoms with Crippen LogP contribution in [-0.4, -0.2) is 17.7 Å². The lowest BCUT2D eigenvalue weighted by Gasteiger charge is -2.04. The summed E-state index contributed by atoms with van der Waals surface area (Å²) >= 11 is 0. The van der Waals surface area contributed by atoms with Gasteiger partial charge in [-0.1, -0.05) is 6.92 Å². The van der Waals surface area contributed by atoms with E-state index in [1.165, 1.54) is 18.2 Å². The summed E-state index contributed by atoms with van der Waals surface area (Å²) in [4.78, 5) is 10.7. The first-order chi connectivity index (χ1) is 8.58. The van der Waals surface area contributed by atoms with Gasteiger partial charge in [-0.05, 0) is 24.6 Å². The van der Waals surface area contributed by atoms with E-state index in [2.05, 4.69) is 0 Å². The summed E-state index contributed by atoms with van der Waals surface area (Å²) in [5.74, 6) is -1.40. The third-order valence-corrected chi connectivity index (χ3v) is 2.30. The molecule has 5 heteroatoms. The second-order valence-corrected chi connectivity index (χ2v) is 3.45. The van der Waals surface area contributed by atoms with Crippen molar-refractivity contribution < 1.29 is 19.0 Å². The molecule has 1 N–H and O–H groups in total. The zero-order valence-electron chi connectivity index (χ0n) is 9.81. The Morgan fingerprint density at radius 2 is 2.33 bits per heavy atom. The molecule has 1 aromatic carbocycles.